The largest absolute Gasteiger partial charge is 0.482 e. The zero-order valence-corrected chi connectivity index (χ0v) is 13.9. The molecular weight excluding hydrogens is 318 g/mol. The van der Waals surface area contributed by atoms with Gasteiger partial charge in [0.05, 0.1) is 0 Å². The molecule has 2 aromatic rings. The van der Waals surface area contributed by atoms with Crippen LogP contribution in [-0.2, 0) is 16.0 Å². The number of amides is 1. The van der Waals surface area contributed by atoms with Gasteiger partial charge in [0, 0.05) is 11.6 Å². The third-order valence-electron chi connectivity index (χ3n) is 5.16. The number of nitrogens with one attached hydrogen (secondary N) is 1. The van der Waals surface area contributed by atoms with Gasteiger partial charge >= 0.3 is 5.97 Å². The molecule has 4 rings (SSSR count). The van der Waals surface area contributed by atoms with Crippen molar-refractivity contribution in [2.75, 3.05) is 11.9 Å². The van der Waals surface area contributed by atoms with Crippen molar-refractivity contribution in [2.24, 2.45) is 11.8 Å². The van der Waals surface area contributed by atoms with Gasteiger partial charge in [-0.15, -0.1) is 0 Å². The van der Waals surface area contributed by atoms with Crippen LogP contribution in [0.4, 0.5) is 5.69 Å². The Balaban J connectivity index is 1.42. The highest BCUT2D eigenvalue weighted by atomic mass is 16.5. The second kappa shape index (κ2) is 5.92. The minimum Gasteiger partial charge on any atom is -0.482 e. The number of aliphatic carboxylic acids is 1. The van der Waals surface area contributed by atoms with Crippen LogP contribution in [0.15, 0.2) is 42.5 Å². The lowest BCUT2D eigenvalue weighted by Crippen LogP contribution is -2.17. The molecule has 0 heterocycles. The van der Waals surface area contributed by atoms with E-state index >= 15 is 0 Å². The minimum absolute atomic E-state index is 0.0530. The molecule has 2 aliphatic carbocycles. The molecule has 1 amide bonds. The second-order valence-corrected chi connectivity index (χ2v) is 6.77. The first kappa shape index (κ1) is 15.7. The molecule has 3 atom stereocenters. The summed E-state index contributed by atoms with van der Waals surface area (Å²) in [5, 5.41) is 11.7. The number of hydrogen-bond donors (Lipinski definition) is 2. The summed E-state index contributed by atoms with van der Waals surface area (Å²) in [6.45, 7) is 1.49. The smallest absolute Gasteiger partial charge is 0.341 e. The number of fused-ring (bicyclic) bond motifs is 3. The Hall–Kier alpha value is -2.82. The number of benzene rings is 2. The molecule has 0 aliphatic heterocycles. The Labute approximate surface area is 145 Å². The SMILES string of the molecule is Cc1cc(OCC(=O)O)ccc1NC(=O)C1C2Cc3ccccc3C21. The van der Waals surface area contributed by atoms with E-state index in [0.29, 0.717) is 17.6 Å². The van der Waals surface area contributed by atoms with E-state index in [9.17, 15) is 9.59 Å². The van der Waals surface area contributed by atoms with E-state index < -0.39 is 5.97 Å². The van der Waals surface area contributed by atoms with Crippen molar-refractivity contribution in [1.29, 1.82) is 0 Å². The average molecular weight is 337 g/mol. The number of carbonyl (C=O) groups excluding carboxylic acids is 1. The van der Waals surface area contributed by atoms with Gasteiger partial charge in [-0.25, -0.2) is 4.79 Å². The van der Waals surface area contributed by atoms with E-state index in [2.05, 4.69) is 23.5 Å². The fourth-order valence-electron chi connectivity index (χ4n) is 3.94. The van der Waals surface area contributed by atoms with Crippen LogP contribution in [-0.4, -0.2) is 23.6 Å². The lowest BCUT2D eigenvalue weighted by molar-refractivity contribution is -0.139. The summed E-state index contributed by atoms with van der Waals surface area (Å²) in [6, 6.07) is 13.5. The lowest BCUT2D eigenvalue weighted by Gasteiger charge is -2.12. The number of hydrogen-bond acceptors (Lipinski definition) is 3. The number of carboxylic acid groups (broad SMARTS) is 1. The predicted molar refractivity (Wildman–Crippen MR) is 92.8 cm³/mol. The highest BCUT2D eigenvalue weighted by Gasteiger charge is 2.59. The summed E-state index contributed by atoms with van der Waals surface area (Å²) in [5.74, 6) is 0.361. The third-order valence-corrected chi connectivity index (χ3v) is 5.16. The van der Waals surface area contributed by atoms with Crippen LogP contribution >= 0.6 is 0 Å². The maximum atomic E-state index is 12.6. The van der Waals surface area contributed by atoms with Gasteiger partial charge in [-0.2, -0.15) is 0 Å². The highest BCUT2D eigenvalue weighted by Crippen LogP contribution is 2.61. The summed E-state index contributed by atoms with van der Waals surface area (Å²) in [7, 11) is 0. The summed E-state index contributed by atoms with van der Waals surface area (Å²) in [4.78, 5) is 23.2. The van der Waals surface area contributed by atoms with Gasteiger partial charge in [-0.3, -0.25) is 4.79 Å². The quantitative estimate of drug-likeness (QED) is 0.879. The number of aryl methyl sites for hydroxylation is 1. The van der Waals surface area contributed by atoms with Crippen molar-refractivity contribution in [2.45, 2.75) is 19.3 Å². The molecule has 0 spiro atoms. The molecule has 3 unspecified atom stereocenters. The van der Waals surface area contributed by atoms with Gasteiger partial charge in [0.2, 0.25) is 5.91 Å². The van der Waals surface area contributed by atoms with E-state index in [1.54, 1.807) is 18.2 Å². The van der Waals surface area contributed by atoms with Crippen LogP contribution in [0.5, 0.6) is 5.75 Å². The maximum absolute atomic E-state index is 12.6. The van der Waals surface area contributed by atoms with Gasteiger partial charge in [0.1, 0.15) is 5.75 Å². The predicted octanol–water partition coefficient (Wildman–Crippen LogP) is 2.98. The van der Waals surface area contributed by atoms with E-state index in [0.717, 1.165) is 17.7 Å². The van der Waals surface area contributed by atoms with Gasteiger partial charge in [0.15, 0.2) is 6.61 Å². The molecular formula is C20H19NO4. The van der Waals surface area contributed by atoms with E-state index in [1.165, 1.54) is 11.1 Å². The first-order valence-electron chi connectivity index (χ1n) is 8.38. The second-order valence-electron chi connectivity index (χ2n) is 6.77. The molecule has 2 aliphatic rings. The molecule has 1 saturated carbocycles. The van der Waals surface area contributed by atoms with Crippen LogP contribution in [0.25, 0.3) is 0 Å². The Morgan fingerprint density at radius 1 is 1.24 bits per heavy atom. The van der Waals surface area contributed by atoms with Crippen molar-refractivity contribution in [1.82, 2.24) is 0 Å². The zero-order valence-electron chi connectivity index (χ0n) is 13.9. The van der Waals surface area contributed by atoms with Crippen molar-refractivity contribution in [3.63, 3.8) is 0 Å². The Bertz CT molecular complexity index is 861. The molecule has 0 bridgehead atoms. The average Bonchev–Trinajstić information content (AvgIpc) is 3.17. The normalized spacial score (nSPS) is 22.7. The van der Waals surface area contributed by atoms with E-state index in [1.807, 2.05) is 13.0 Å². The number of anilines is 1. The van der Waals surface area contributed by atoms with Gasteiger partial charge in [-0.05, 0) is 60.1 Å². The van der Waals surface area contributed by atoms with Crippen LogP contribution in [0.3, 0.4) is 0 Å². The molecule has 0 aromatic heterocycles. The monoisotopic (exact) mass is 337 g/mol. The Morgan fingerprint density at radius 3 is 2.80 bits per heavy atom. The molecule has 5 heteroatoms. The van der Waals surface area contributed by atoms with Gasteiger partial charge in [-0.1, -0.05) is 24.3 Å². The molecule has 128 valence electrons. The lowest BCUT2D eigenvalue weighted by atomic mass is 10.0. The summed E-state index contributed by atoms with van der Waals surface area (Å²) in [5.41, 5.74) is 4.29. The first-order valence-corrected chi connectivity index (χ1v) is 8.38. The van der Waals surface area contributed by atoms with Crippen molar-refractivity contribution in [3.05, 3.63) is 59.2 Å². The van der Waals surface area contributed by atoms with Crippen LogP contribution in [0, 0.1) is 18.8 Å². The molecule has 2 aromatic carbocycles. The van der Waals surface area contributed by atoms with Crippen LogP contribution in [0.1, 0.15) is 22.6 Å². The number of ether oxygens (including phenoxy) is 1. The third kappa shape index (κ3) is 2.86. The fraction of sp³-hybridized carbons (Fsp3) is 0.300. The van der Waals surface area contributed by atoms with Crippen molar-refractivity contribution in [3.8, 4) is 5.75 Å². The molecule has 2 N–H and O–H groups in total. The zero-order chi connectivity index (χ0) is 17.6. The van der Waals surface area contributed by atoms with Gasteiger partial charge in [0.25, 0.3) is 0 Å². The van der Waals surface area contributed by atoms with Crippen molar-refractivity contribution < 1.29 is 19.4 Å². The Kier molecular flexibility index (Phi) is 3.71. The number of carboxylic acids is 1. The molecule has 0 radical (unpaired) electrons. The number of carbonyl (C=O) groups is 2. The maximum Gasteiger partial charge on any atom is 0.341 e. The van der Waals surface area contributed by atoms with E-state index in [-0.39, 0.29) is 18.4 Å². The molecule has 5 nitrogen and oxygen atoms in total. The summed E-state index contributed by atoms with van der Waals surface area (Å²) < 4.78 is 5.16. The van der Waals surface area contributed by atoms with Crippen LogP contribution < -0.4 is 10.1 Å². The topological polar surface area (TPSA) is 75.6 Å². The highest BCUT2D eigenvalue weighted by molar-refractivity contribution is 5.96. The van der Waals surface area contributed by atoms with E-state index in [4.69, 9.17) is 9.84 Å². The van der Waals surface area contributed by atoms with Crippen molar-refractivity contribution >= 4 is 17.6 Å². The molecule has 25 heavy (non-hydrogen) atoms. The summed E-state index contributed by atoms with van der Waals surface area (Å²) in [6.07, 6.45) is 0.986. The van der Waals surface area contributed by atoms with Crippen LogP contribution in [0.2, 0.25) is 0 Å². The molecule has 1 fully saturated rings. The first-order chi connectivity index (χ1) is 12.0. The standard InChI is InChI=1S/C20H19NO4/c1-11-8-13(25-10-17(22)23)6-7-16(11)21-20(24)19-15-9-12-4-2-3-5-14(12)18(15)19/h2-8,15,18-19H,9-10H2,1H3,(H,21,24)(H,22,23). The van der Waals surface area contributed by atoms with Gasteiger partial charge < -0.3 is 15.2 Å². The fourth-order valence-corrected chi connectivity index (χ4v) is 3.94. The number of rotatable bonds is 5. The summed E-state index contributed by atoms with van der Waals surface area (Å²) >= 11 is 0. The minimum atomic E-state index is -1.02. The molecule has 0 saturated heterocycles. The Morgan fingerprint density at radius 2 is 2.04 bits per heavy atom.